The number of alkyl halides is 3. The second-order valence-corrected chi connectivity index (χ2v) is 8.75. The van der Waals surface area contributed by atoms with Gasteiger partial charge in [-0.25, -0.2) is 0 Å². The number of aromatic nitrogens is 2. The van der Waals surface area contributed by atoms with Crippen molar-refractivity contribution in [1.29, 1.82) is 0 Å². The predicted molar refractivity (Wildman–Crippen MR) is 117 cm³/mol. The molecule has 1 N–H and O–H groups in total. The average molecular weight is 438 g/mol. The molecule has 2 aromatic rings. The molecule has 1 aliphatic carbocycles. The number of hydrogen-bond acceptors (Lipinski definition) is 3. The van der Waals surface area contributed by atoms with Crippen molar-refractivity contribution < 1.29 is 17.9 Å². The standard InChI is InChI=1S/C24H34F3N3O/c1-3-4-11-30(2)17-20-16-28-29-23(20)19-13-21(24(25,26)27)15-22(14-19)31-12-10-18-8-6-5-7-9-18/h13-16,18H,3-12,17H2,1-2H3,(H,28,29). The molecule has 0 atom stereocenters. The number of ether oxygens (including phenoxy) is 1. The lowest BCUT2D eigenvalue weighted by Crippen LogP contribution is -2.19. The molecule has 4 nitrogen and oxygen atoms in total. The van der Waals surface area contributed by atoms with Crippen LogP contribution in [-0.2, 0) is 12.7 Å². The van der Waals surface area contributed by atoms with Crippen molar-refractivity contribution in [3.63, 3.8) is 0 Å². The van der Waals surface area contributed by atoms with Crippen LogP contribution < -0.4 is 4.74 Å². The predicted octanol–water partition coefficient (Wildman–Crippen LogP) is 6.68. The zero-order valence-electron chi connectivity index (χ0n) is 18.6. The molecule has 1 saturated carbocycles. The summed E-state index contributed by atoms with van der Waals surface area (Å²) >= 11 is 0. The molecule has 3 rings (SSSR count). The molecule has 1 aromatic carbocycles. The Morgan fingerprint density at radius 1 is 1.16 bits per heavy atom. The smallest absolute Gasteiger partial charge is 0.416 e. The Bertz CT molecular complexity index is 813. The van der Waals surface area contributed by atoms with E-state index in [-0.39, 0.29) is 5.75 Å². The fraction of sp³-hybridized carbons (Fsp3) is 0.625. The molecule has 0 bridgehead atoms. The van der Waals surface area contributed by atoms with Crippen LogP contribution in [0.5, 0.6) is 5.75 Å². The zero-order valence-corrected chi connectivity index (χ0v) is 18.6. The molecule has 0 aliphatic heterocycles. The summed E-state index contributed by atoms with van der Waals surface area (Å²) < 4.78 is 46.5. The molecule has 7 heteroatoms. The van der Waals surface area contributed by atoms with Gasteiger partial charge in [0.1, 0.15) is 5.75 Å². The lowest BCUT2D eigenvalue weighted by Gasteiger charge is -2.21. The van der Waals surface area contributed by atoms with Gasteiger partial charge >= 0.3 is 6.18 Å². The van der Waals surface area contributed by atoms with E-state index in [0.717, 1.165) is 37.4 Å². The quantitative estimate of drug-likeness (QED) is 0.451. The molecule has 1 aromatic heterocycles. The normalized spacial score (nSPS) is 15.5. The van der Waals surface area contributed by atoms with Gasteiger partial charge < -0.3 is 9.64 Å². The highest BCUT2D eigenvalue weighted by molar-refractivity contribution is 5.65. The Morgan fingerprint density at radius 2 is 1.94 bits per heavy atom. The first-order valence-electron chi connectivity index (χ1n) is 11.4. The van der Waals surface area contributed by atoms with Crippen LogP contribution >= 0.6 is 0 Å². The van der Waals surface area contributed by atoms with Crippen molar-refractivity contribution in [2.75, 3.05) is 20.2 Å². The minimum absolute atomic E-state index is 0.264. The van der Waals surface area contributed by atoms with Crippen LogP contribution in [0.3, 0.4) is 0 Å². The van der Waals surface area contributed by atoms with Crippen molar-refractivity contribution in [3.05, 3.63) is 35.5 Å². The number of nitrogens with zero attached hydrogens (tertiary/aromatic N) is 2. The molecule has 0 unspecified atom stereocenters. The lowest BCUT2D eigenvalue weighted by atomic mass is 9.87. The Hall–Kier alpha value is -2.02. The van der Waals surface area contributed by atoms with E-state index in [0.29, 0.717) is 30.3 Å². The molecular weight excluding hydrogens is 403 g/mol. The van der Waals surface area contributed by atoms with E-state index in [1.165, 1.54) is 38.2 Å². The molecule has 0 saturated heterocycles. The Labute approximate surface area is 183 Å². The van der Waals surface area contributed by atoms with Gasteiger partial charge in [0.05, 0.1) is 24.1 Å². The summed E-state index contributed by atoms with van der Waals surface area (Å²) in [4.78, 5) is 2.16. The summed E-state index contributed by atoms with van der Waals surface area (Å²) in [6.45, 7) is 4.13. The molecule has 31 heavy (non-hydrogen) atoms. The van der Waals surface area contributed by atoms with E-state index in [1.54, 1.807) is 12.3 Å². The zero-order chi connectivity index (χ0) is 22.3. The lowest BCUT2D eigenvalue weighted by molar-refractivity contribution is -0.137. The molecule has 1 fully saturated rings. The third-order valence-corrected chi connectivity index (χ3v) is 6.09. The number of hydrogen-bond donors (Lipinski definition) is 1. The van der Waals surface area contributed by atoms with Gasteiger partial charge in [-0.1, -0.05) is 45.4 Å². The van der Waals surface area contributed by atoms with Gasteiger partial charge in [0.2, 0.25) is 0 Å². The Balaban J connectivity index is 1.77. The number of rotatable bonds is 10. The highest BCUT2D eigenvalue weighted by Crippen LogP contribution is 2.36. The number of nitrogens with one attached hydrogen (secondary N) is 1. The Kier molecular flexibility index (Phi) is 8.41. The molecule has 1 aliphatic rings. The third kappa shape index (κ3) is 6.99. The van der Waals surface area contributed by atoms with Crippen molar-refractivity contribution in [3.8, 4) is 17.0 Å². The SMILES string of the molecule is CCCCN(C)Cc1cn[nH]c1-c1cc(OCCC2CCCCC2)cc(C(F)(F)F)c1. The molecule has 0 amide bonds. The van der Waals surface area contributed by atoms with Crippen molar-refractivity contribution >= 4 is 0 Å². The molecule has 0 spiro atoms. The van der Waals surface area contributed by atoms with Crippen LogP contribution in [0.4, 0.5) is 13.2 Å². The van der Waals surface area contributed by atoms with Gasteiger partial charge in [0.15, 0.2) is 0 Å². The summed E-state index contributed by atoms with van der Waals surface area (Å²) in [5.74, 6) is 0.886. The third-order valence-electron chi connectivity index (χ3n) is 6.09. The second-order valence-electron chi connectivity index (χ2n) is 8.75. The molecular formula is C24H34F3N3O. The Morgan fingerprint density at radius 3 is 2.65 bits per heavy atom. The summed E-state index contributed by atoms with van der Waals surface area (Å²) in [6.07, 6.45) is 6.49. The summed E-state index contributed by atoms with van der Waals surface area (Å²) in [5.41, 5.74) is 1.26. The van der Waals surface area contributed by atoms with Crippen molar-refractivity contribution in [1.82, 2.24) is 15.1 Å². The number of halogens is 3. The first kappa shape index (κ1) is 23.6. The molecule has 172 valence electrons. The van der Waals surface area contributed by atoms with Gasteiger partial charge in [0.25, 0.3) is 0 Å². The number of unbranched alkanes of at least 4 members (excludes halogenated alkanes) is 1. The highest BCUT2D eigenvalue weighted by atomic mass is 19.4. The highest BCUT2D eigenvalue weighted by Gasteiger charge is 2.32. The van der Waals surface area contributed by atoms with Gasteiger partial charge in [-0.2, -0.15) is 18.3 Å². The van der Waals surface area contributed by atoms with E-state index in [1.807, 2.05) is 7.05 Å². The first-order chi connectivity index (χ1) is 14.9. The van der Waals surface area contributed by atoms with Crippen LogP contribution in [0.2, 0.25) is 0 Å². The molecule has 0 radical (unpaired) electrons. The minimum atomic E-state index is -4.43. The number of aromatic amines is 1. The van der Waals surface area contributed by atoms with E-state index in [4.69, 9.17) is 4.74 Å². The average Bonchev–Trinajstić information content (AvgIpc) is 3.20. The summed E-state index contributed by atoms with van der Waals surface area (Å²) in [6, 6.07) is 3.98. The monoisotopic (exact) mass is 437 g/mol. The van der Waals surface area contributed by atoms with Gasteiger partial charge in [-0.15, -0.1) is 0 Å². The van der Waals surface area contributed by atoms with Gasteiger partial charge in [0, 0.05) is 17.7 Å². The largest absolute Gasteiger partial charge is 0.494 e. The fourth-order valence-corrected chi connectivity index (χ4v) is 4.29. The first-order valence-corrected chi connectivity index (χ1v) is 11.4. The van der Waals surface area contributed by atoms with Crippen LogP contribution in [0.25, 0.3) is 11.3 Å². The maximum absolute atomic E-state index is 13.6. The van der Waals surface area contributed by atoms with Crippen LogP contribution in [0.1, 0.15) is 69.4 Å². The minimum Gasteiger partial charge on any atom is -0.494 e. The number of H-pyrrole nitrogens is 1. The van der Waals surface area contributed by atoms with Crippen LogP contribution in [-0.4, -0.2) is 35.3 Å². The van der Waals surface area contributed by atoms with Crippen molar-refractivity contribution in [2.45, 2.75) is 71.0 Å². The maximum Gasteiger partial charge on any atom is 0.416 e. The maximum atomic E-state index is 13.6. The molecule has 1 heterocycles. The second kappa shape index (κ2) is 11.0. The summed E-state index contributed by atoms with van der Waals surface area (Å²) in [7, 11) is 2.01. The topological polar surface area (TPSA) is 41.2 Å². The van der Waals surface area contributed by atoms with Gasteiger partial charge in [-0.05, 0) is 50.6 Å². The van der Waals surface area contributed by atoms with Crippen LogP contribution in [0, 0.1) is 5.92 Å². The van der Waals surface area contributed by atoms with Crippen LogP contribution in [0.15, 0.2) is 24.4 Å². The van der Waals surface area contributed by atoms with E-state index in [2.05, 4.69) is 22.0 Å². The van der Waals surface area contributed by atoms with Crippen molar-refractivity contribution in [2.24, 2.45) is 5.92 Å². The number of benzene rings is 1. The summed E-state index contributed by atoms with van der Waals surface area (Å²) in [5, 5.41) is 7.00. The van der Waals surface area contributed by atoms with E-state index >= 15 is 0 Å². The van der Waals surface area contributed by atoms with E-state index < -0.39 is 11.7 Å². The van der Waals surface area contributed by atoms with Gasteiger partial charge in [-0.3, -0.25) is 5.10 Å². The fourth-order valence-electron chi connectivity index (χ4n) is 4.29. The van der Waals surface area contributed by atoms with E-state index in [9.17, 15) is 13.2 Å².